The smallest absolute Gasteiger partial charge is 0.166 e. The first-order valence-corrected chi connectivity index (χ1v) is 5.79. The molecule has 1 heterocycles. The van der Waals surface area contributed by atoms with Crippen LogP contribution in [0, 0.1) is 5.92 Å². The molecule has 4 N–H and O–H groups in total. The normalized spacial score (nSPS) is 17.2. The maximum Gasteiger partial charge on any atom is 0.166 e. The number of aromatic nitrogens is 2. The lowest BCUT2D eigenvalue weighted by Gasteiger charge is -2.03. The first-order chi connectivity index (χ1) is 8.20. The largest absolute Gasteiger partial charge is 0.404 e. The van der Waals surface area contributed by atoms with Crippen molar-refractivity contribution in [2.75, 3.05) is 12.3 Å². The molecule has 1 aromatic heterocycles. The van der Waals surface area contributed by atoms with Gasteiger partial charge in [0.05, 0.1) is 5.57 Å². The van der Waals surface area contributed by atoms with Gasteiger partial charge in [-0.1, -0.05) is 11.6 Å². The summed E-state index contributed by atoms with van der Waals surface area (Å²) < 4.78 is 0. The van der Waals surface area contributed by atoms with Crippen LogP contribution in [0.5, 0.6) is 0 Å². The van der Waals surface area contributed by atoms with Crippen LogP contribution < -0.4 is 11.5 Å². The molecule has 2 rings (SSSR count). The second kappa shape index (κ2) is 5.14. The van der Waals surface area contributed by atoms with E-state index in [1.807, 2.05) is 0 Å². The predicted molar refractivity (Wildman–Crippen MR) is 69.5 cm³/mol. The van der Waals surface area contributed by atoms with Gasteiger partial charge in [0.1, 0.15) is 11.0 Å². The van der Waals surface area contributed by atoms with Crippen LogP contribution in [0.3, 0.4) is 0 Å². The first-order valence-electron chi connectivity index (χ1n) is 5.42. The van der Waals surface area contributed by atoms with Crippen LogP contribution in [-0.4, -0.2) is 21.7 Å². The first kappa shape index (κ1) is 11.9. The molecule has 0 spiro atoms. The third kappa shape index (κ3) is 3.17. The molecule has 0 amide bonds. The van der Waals surface area contributed by atoms with Crippen molar-refractivity contribution in [1.29, 1.82) is 0 Å². The summed E-state index contributed by atoms with van der Waals surface area (Å²) in [6.45, 7) is 0.735. The fraction of sp³-hybridized carbons (Fsp3) is 0.364. The van der Waals surface area contributed by atoms with Crippen LogP contribution in [-0.2, 0) is 0 Å². The van der Waals surface area contributed by atoms with E-state index in [0.29, 0.717) is 28.3 Å². The zero-order chi connectivity index (χ0) is 12.3. The summed E-state index contributed by atoms with van der Waals surface area (Å²) in [5, 5.41) is 0.338. The van der Waals surface area contributed by atoms with Gasteiger partial charge in [-0.05, 0) is 24.8 Å². The molecule has 1 saturated carbocycles. The molecular formula is C11H14ClN5. The van der Waals surface area contributed by atoms with Crippen LogP contribution >= 0.6 is 11.6 Å². The number of hydrogen-bond donors (Lipinski definition) is 2. The van der Waals surface area contributed by atoms with E-state index < -0.39 is 0 Å². The number of nitrogen functional groups attached to an aromatic ring is 1. The van der Waals surface area contributed by atoms with Gasteiger partial charge in [-0.15, -0.1) is 0 Å². The fourth-order valence-electron chi connectivity index (χ4n) is 1.33. The summed E-state index contributed by atoms with van der Waals surface area (Å²) >= 11 is 6.09. The molecule has 1 aliphatic carbocycles. The van der Waals surface area contributed by atoms with E-state index >= 15 is 0 Å². The molecule has 5 nitrogen and oxygen atoms in total. The number of anilines is 1. The average Bonchev–Trinajstić information content (AvgIpc) is 3.11. The molecule has 0 aromatic carbocycles. The number of rotatable bonds is 4. The molecule has 1 aliphatic rings. The van der Waals surface area contributed by atoms with Gasteiger partial charge in [-0.3, -0.25) is 4.99 Å². The Morgan fingerprint density at radius 1 is 1.59 bits per heavy atom. The summed E-state index contributed by atoms with van der Waals surface area (Å²) in [6.07, 6.45) is 5.37. The van der Waals surface area contributed by atoms with Gasteiger partial charge in [0.25, 0.3) is 0 Å². The molecule has 0 saturated heterocycles. The molecule has 90 valence electrons. The van der Waals surface area contributed by atoms with E-state index in [4.69, 9.17) is 23.1 Å². The Morgan fingerprint density at radius 2 is 2.35 bits per heavy atom. The molecule has 6 heteroatoms. The van der Waals surface area contributed by atoms with Crippen molar-refractivity contribution in [1.82, 2.24) is 9.97 Å². The summed E-state index contributed by atoms with van der Waals surface area (Å²) in [4.78, 5) is 12.4. The monoisotopic (exact) mass is 251 g/mol. The van der Waals surface area contributed by atoms with E-state index in [9.17, 15) is 0 Å². The minimum atomic E-state index is 0.338. The molecule has 0 bridgehead atoms. The maximum atomic E-state index is 6.09. The van der Waals surface area contributed by atoms with Gasteiger partial charge >= 0.3 is 0 Å². The summed E-state index contributed by atoms with van der Waals surface area (Å²) in [6, 6.07) is 1.60. The lowest BCUT2D eigenvalue weighted by molar-refractivity contribution is 0.851. The molecule has 1 aromatic rings. The van der Waals surface area contributed by atoms with E-state index in [0.717, 1.165) is 6.54 Å². The number of hydrogen-bond acceptors (Lipinski definition) is 5. The highest BCUT2D eigenvalue weighted by Gasteiger charge is 2.21. The standard InChI is InChI=1S/C11H14ClN5/c12-10(16-6-7-1-2-7)8(5-13)11-15-4-3-9(14)17-11/h3-5,7H,1-2,6,13H2,(H2,14,15,17). The molecule has 17 heavy (non-hydrogen) atoms. The maximum absolute atomic E-state index is 6.09. The highest BCUT2D eigenvalue weighted by atomic mass is 35.5. The van der Waals surface area contributed by atoms with Crippen molar-refractivity contribution < 1.29 is 0 Å². The van der Waals surface area contributed by atoms with E-state index in [-0.39, 0.29) is 0 Å². The molecule has 0 radical (unpaired) electrons. The highest BCUT2D eigenvalue weighted by molar-refractivity contribution is 6.76. The van der Waals surface area contributed by atoms with Gasteiger partial charge in [0.2, 0.25) is 0 Å². The zero-order valence-corrected chi connectivity index (χ0v) is 10.1. The summed E-state index contributed by atoms with van der Waals surface area (Å²) in [5.74, 6) is 1.45. The van der Waals surface area contributed by atoms with Gasteiger partial charge < -0.3 is 11.5 Å². The predicted octanol–water partition coefficient (Wildman–Crippen LogP) is 1.41. The Hall–Kier alpha value is -1.62. The minimum absolute atomic E-state index is 0.338. The van der Waals surface area contributed by atoms with Crippen molar-refractivity contribution in [2.24, 2.45) is 16.6 Å². The van der Waals surface area contributed by atoms with Crippen LogP contribution in [0.1, 0.15) is 18.7 Å². The van der Waals surface area contributed by atoms with Crippen molar-refractivity contribution in [3.63, 3.8) is 0 Å². The number of allylic oxidation sites excluding steroid dienone is 1. The Morgan fingerprint density at radius 3 is 2.94 bits per heavy atom. The number of halogens is 1. The highest BCUT2D eigenvalue weighted by Crippen LogP contribution is 2.29. The van der Waals surface area contributed by atoms with Crippen LogP contribution in [0.15, 0.2) is 23.5 Å². The summed E-state index contributed by atoms with van der Waals surface area (Å²) in [7, 11) is 0. The molecule has 0 aliphatic heterocycles. The van der Waals surface area contributed by atoms with Crippen LogP contribution in [0.4, 0.5) is 5.82 Å². The Bertz CT molecular complexity index is 465. The van der Waals surface area contributed by atoms with Crippen LogP contribution in [0.2, 0.25) is 0 Å². The molecular weight excluding hydrogens is 238 g/mol. The SMILES string of the molecule is NC=C(C(Cl)=NCC1CC1)c1nccc(N)n1. The Balaban J connectivity index is 2.17. The second-order valence-corrected chi connectivity index (χ2v) is 4.32. The van der Waals surface area contributed by atoms with Crippen LogP contribution in [0.25, 0.3) is 5.57 Å². The average molecular weight is 252 g/mol. The van der Waals surface area contributed by atoms with Crippen molar-refractivity contribution in [3.8, 4) is 0 Å². The minimum Gasteiger partial charge on any atom is -0.404 e. The lowest BCUT2D eigenvalue weighted by atomic mass is 10.3. The number of aliphatic imine (C=N–C) groups is 1. The number of nitrogens with two attached hydrogens (primary N) is 2. The number of nitrogens with zero attached hydrogens (tertiary/aromatic N) is 3. The van der Waals surface area contributed by atoms with Gasteiger partial charge in [0.15, 0.2) is 5.82 Å². The van der Waals surface area contributed by atoms with Gasteiger partial charge in [-0.25, -0.2) is 9.97 Å². The fourth-order valence-corrected chi connectivity index (χ4v) is 1.55. The molecule has 0 atom stereocenters. The van der Waals surface area contributed by atoms with Crippen molar-refractivity contribution in [2.45, 2.75) is 12.8 Å². The zero-order valence-electron chi connectivity index (χ0n) is 9.31. The quantitative estimate of drug-likeness (QED) is 0.792. The third-order valence-corrected chi connectivity index (χ3v) is 2.82. The second-order valence-electron chi connectivity index (χ2n) is 3.96. The summed E-state index contributed by atoms with van der Waals surface area (Å²) in [5.41, 5.74) is 11.6. The Kier molecular flexibility index (Phi) is 3.58. The van der Waals surface area contributed by atoms with E-state index in [1.165, 1.54) is 19.0 Å². The lowest BCUT2D eigenvalue weighted by Crippen LogP contribution is -2.05. The third-order valence-electron chi connectivity index (χ3n) is 2.49. The van der Waals surface area contributed by atoms with Gasteiger partial charge in [-0.2, -0.15) is 0 Å². The van der Waals surface area contributed by atoms with Crippen molar-refractivity contribution in [3.05, 3.63) is 24.3 Å². The molecule has 1 fully saturated rings. The van der Waals surface area contributed by atoms with Crippen molar-refractivity contribution >= 4 is 28.2 Å². The Labute approximate surface area is 105 Å². The topological polar surface area (TPSA) is 90.2 Å². The van der Waals surface area contributed by atoms with E-state index in [2.05, 4.69) is 15.0 Å². The van der Waals surface area contributed by atoms with Gasteiger partial charge in [0, 0.05) is 18.9 Å². The molecule has 0 unspecified atom stereocenters. The van der Waals surface area contributed by atoms with E-state index in [1.54, 1.807) is 12.3 Å².